The molecule has 2 amide bonds. The number of para-hydroxylation sites is 1. The molecule has 6 heteroatoms. The fourth-order valence-corrected chi connectivity index (χ4v) is 3.38. The zero-order chi connectivity index (χ0) is 23.3. The van der Waals surface area contributed by atoms with Crippen molar-refractivity contribution in [1.29, 1.82) is 0 Å². The monoisotopic (exact) mass is 440 g/mol. The third kappa shape index (κ3) is 8.25. The van der Waals surface area contributed by atoms with Gasteiger partial charge >= 0.3 is 0 Å². The van der Waals surface area contributed by atoms with E-state index < -0.39 is 6.04 Å². The summed E-state index contributed by atoms with van der Waals surface area (Å²) >= 11 is 0. The van der Waals surface area contributed by atoms with Gasteiger partial charge < -0.3 is 19.7 Å². The van der Waals surface area contributed by atoms with E-state index in [4.69, 9.17) is 9.47 Å². The molecule has 1 N–H and O–H groups in total. The summed E-state index contributed by atoms with van der Waals surface area (Å²) in [5.74, 6) is 1.68. The highest BCUT2D eigenvalue weighted by Gasteiger charge is 2.28. The normalized spacial score (nSPS) is 11.7. The fraction of sp³-hybridized carbons (Fsp3) is 0.462. The quantitative estimate of drug-likeness (QED) is 0.468. The average molecular weight is 441 g/mol. The molecule has 0 bridgehead atoms. The van der Waals surface area contributed by atoms with Gasteiger partial charge in [0.2, 0.25) is 11.8 Å². The first-order valence-electron chi connectivity index (χ1n) is 11.3. The molecule has 0 aliphatic rings. The van der Waals surface area contributed by atoms with Crippen molar-refractivity contribution in [3.05, 3.63) is 60.2 Å². The minimum Gasteiger partial charge on any atom is -0.497 e. The molecule has 2 aromatic rings. The van der Waals surface area contributed by atoms with Crippen molar-refractivity contribution in [3.63, 3.8) is 0 Å². The Balaban J connectivity index is 2.08. The Hall–Kier alpha value is -3.02. The van der Waals surface area contributed by atoms with E-state index in [2.05, 4.69) is 5.32 Å². The van der Waals surface area contributed by atoms with Crippen LogP contribution in [0.25, 0.3) is 0 Å². The lowest BCUT2D eigenvalue weighted by molar-refractivity contribution is -0.141. The molecular weight excluding hydrogens is 404 g/mol. The van der Waals surface area contributed by atoms with E-state index in [-0.39, 0.29) is 11.8 Å². The average Bonchev–Trinajstić information content (AvgIpc) is 2.81. The summed E-state index contributed by atoms with van der Waals surface area (Å²) < 4.78 is 11.0. The van der Waals surface area contributed by atoms with Crippen LogP contribution in [-0.4, -0.2) is 43.0 Å². The Labute approximate surface area is 191 Å². The first-order valence-corrected chi connectivity index (χ1v) is 11.3. The molecule has 0 spiro atoms. The Morgan fingerprint density at radius 3 is 2.41 bits per heavy atom. The largest absolute Gasteiger partial charge is 0.497 e. The van der Waals surface area contributed by atoms with E-state index in [1.807, 2.05) is 75.4 Å². The maximum atomic E-state index is 13.2. The Bertz CT molecular complexity index is 839. The van der Waals surface area contributed by atoms with Crippen molar-refractivity contribution in [2.24, 2.45) is 5.92 Å². The van der Waals surface area contributed by atoms with Gasteiger partial charge in [-0.1, -0.05) is 51.1 Å². The number of carbonyl (C=O) groups excluding carboxylic acids is 2. The van der Waals surface area contributed by atoms with Crippen LogP contribution in [0.4, 0.5) is 0 Å². The topological polar surface area (TPSA) is 67.9 Å². The van der Waals surface area contributed by atoms with Gasteiger partial charge in [-0.2, -0.15) is 0 Å². The second-order valence-electron chi connectivity index (χ2n) is 8.20. The summed E-state index contributed by atoms with van der Waals surface area (Å²) in [7, 11) is 1.61. The molecule has 1 atom stereocenters. The minimum atomic E-state index is -0.525. The molecule has 6 nitrogen and oxygen atoms in total. The van der Waals surface area contributed by atoms with Crippen LogP contribution >= 0.6 is 0 Å². The SMILES string of the molecule is CCC(C(=O)NCC(C)C)N(Cc1cccc(OC)c1)C(=O)CCCOc1ccccc1. The number of hydrogen-bond acceptors (Lipinski definition) is 4. The highest BCUT2D eigenvalue weighted by molar-refractivity contribution is 5.87. The minimum absolute atomic E-state index is 0.0592. The second-order valence-corrected chi connectivity index (χ2v) is 8.20. The molecule has 0 fully saturated rings. The second kappa shape index (κ2) is 13.4. The summed E-state index contributed by atoms with van der Waals surface area (Å²) in [4.78, 5) is 27.8. The van der Waals surface area contributed by atoms with Crippen molar-refractivity contribution in [2.75, 3.05) is 20.3 Å². The van der Waals surface area contributed by atoms with E-state index in [0.717, 1.165) is 17.1 Å². The van der Waals surface area contributed by atoms with Gasteiger partial charge in [-0.25, -0.2) is 0 Å². The molecule has 0 heterocycles. The zero-order valence-corrected chi connectivity index (χ0v) is 19.7. The number of nitrogens with zero attached hydrogens (tertiary/aromatic N) is 1. The van der Waals surface area contributed by atoms with Gasteiger partial charge in [0.25, 0.3) is 0 Å². The smallest absolute Gasteiger partial charge is 0.242 e. The Morgan fingerprint density at radius 2 is 1.75 bits per heavy atom. The molecule has 0 saturated carbocycles. The number of nitrogens with one attached hydrogen (secondary N) is 1. The molecular formula is C26H36N2O4. The predicted molar refractivity (Wildman–Crippen MR) is 127 cm³/mol. The standard InChI is InChI=1S/C26H36N2O4/c1-5-24(26(30)27-18-20(2)3)28(19-21-11-9-14-23(17-21)31-4)25(29)15-10-16-32-22-12-7-6-8-13-22/h6-9,11-14,17,20,24H,5,10,15-16,18-19H2,1-4H3,(H,27,30). The summed E-state index contributed by atoms with van der Waals surface area (Å²) in [6, 6.07) is 16.6. The molecule has 32 heavy (non-hydrogen) atoms. The van der Waals surface area contributed by atoms with Gasteiger partial charge in [-0.05, 0) is 48.6 Å². The van der Waals surface area contributed by atoms with E-state index >= 15 is 0 Å². The van der Waals surface area contributed by atoms with Crippen LogP contribution in [0.1, 0.15) is 45.6 Å². The first kappa shape index (κ1) is 25.2. The highest BCUT2D eigenvalue weighted by Crippen LogP contribution is 2.18. The van der Waals surface area contributed by atoms with Gasteiger partial charge in [-0.3, -0.25) is 9.59 Å². The molecule has 1 unspecified atom stereocenters. The van der Waals surface area contributed by atoms with E-state index in [1.165, 1.54) is 0 Å². The zero-order valence-electron chi connectivity index (χ0n) is 19.7. The maximum Gasteiger partial charge on any atom is 0.242 e. The number of hydrogen-bond donors (Lipinski definition) is 1. The fourth-order valence-electron chi connectivity index (χ4n) is 3.38. The van der Waals surface area contributed by atoms with E-state index in [0.29, 0.717) is 44.9 Å². The summed E-state index contributed by atoms with van der Waals surface area (Å²) in [5.41, 5.74) is 0.924. The summed E-state index contributed by atoms with van der Waals surface area (Å²) in [6.45, 7) is 7.41. The molecule has 0 aromatic heterocycles. The van der Waals surface area contributed by atoms with Crippen molar-refractivity contribution in [1.82, 2.24) is 10.2 Å². The lowest BCUT2D eigenvalue weighted by atomic mass is 10.1. The van der Waals surface area contributed by atoms with Gasteiger partial charge in [0, 0.05) is 19.5 Å². The molecule has 174 valence electrons. The summed E-state index contributed by atoms with van der Waals surface area (Å²) in [5, 5.41) is 2.98. The molecule has 0 aliphatic heterocycles. The van der Waals surface area contributed by atoms with Gasteiger partial charge in [0.15, 0.2) is 0 Å². The Kier molecular flexibility index (Phi) is 10.6. The van der Waals surface area contributed by atoms with E-state index in [1.54, 1.807) is 12.0 Å². The van der Waals surface area contributed by atoms with Gasteiger partial charge in [0.1, 0.15) is 17.5 Å². The van der Waals surface area contributed by atoms with Crippen LogP contribution < -0.4 is 14.8 Å². The van der Waals surface area contributed by atoms with Crippen LogP contribution in [0.3, 0.4) is 0 Å². The predicted octanol–water partition coefficient (Wildman–Crippen LogP) is 4.43. The third-order valence-corrected chi connectivity index (χ3v) is 5.10. The van der Waals surface area contributed by atoms with Crippen molar-refractivity contribution in [3.8, 4) is 11.5 Å². The van der Waals surface area contributed by atoms with Crippen LogP contribution in [0.15, 0.2) is 54.6 Å². The van der Waals surface area contributed by atoms with Crippen molar-refractivity contribution >= 4 is 11.8 Å². The highest BCUT2D eigenvalue weighted by atomic mass is 16.5. The molecule has 0 aliphatic carbocycles. The summed E-state index contributed by atoms with van der Waals surface area (Å²) in [6.07, 6.45) is 1.43. The molecule has 2 aromatic carbocycles. The van der Waals surface area contributed by atoms with Crippen molar-refractivity contribution in [2.45, 2.75) is 52.6 Å². The van der Waals surface area contributed by atoms with Crippen LogP contribution in [0.5, 0.6) is 11.5 Å². The van der Waals surface area contributed by atoms with Crippen LogP contribution in [-0.2, 0) is 16.1 Å². The number of methoxy groups -OCH3 is 1. The third-order valence-electron chi connectivity index (χ3n) is 5.10. The van der Waals surface area contributed by atoms with Gasteiger partial charge in [0.05, 0.1) is 13.7 Å². The van der Waals surface area contributed by atoms with Gasteiger partial charge in [-0.15, -0.1) is 0 Å². The lowest BCUT2D eigenvalue weighted by Crippen LogP contribution is -2.49. The van der Waals surface area contributed by atoms with Crippen LogP contribution in [0, 0.1) is 5.92 Å². The van der Waals surface area contributed by atoms with Crippen molar-refractivity contribution < 1.29 is 19.1 Å². The molecule has 0 radical (unpaired) electrons. The Morgan fingerprint density at radius 1 is 1.03 bits per heavy atom. The number of amides is 2. The van der Waals surface area contributed by atoms with Crippen LogP contribution in [0.2, 0.25) is 0 Å². The maximum absolute atomic E-state index is 13.2. The molecule has 2 rings (SSSR count). The number of benzene rings is 2. The molecule has 0 saturated heterocycles. The van der Waals surface area contributed by atoms with E-state index in [9.17, 15) is 9.59 Å². The number of carbonyl (C=O) groups is 2. The number of rotatable bonds is 13. The lowest BCUT2D eigenvalue weighted by Gasteiger charge is -2.31. The number of ether oxygens (including phenoxy) is 2. The first-order chi connectivity index (χ1) is 15.4.